The zero-order valence-corrected chi connectivity index (χ0v) is 22.8. The van der Waals surface area contributed by atoms with Crippen LogP contribution in [-0.4, -0.2) is 53.2 Å². The standard InChI is InChI=1S/C30H28FN5O5/c1-17(2)34-16-22(29(37)28(32)18-5-7-19(31)8-6-18)30(38)36-27-10-9-20(15-35-27)41-24-11-12-33-23-14-26(40-4)25(39-3)13-21(23)24/h5-17,32,37H,1-4H3,(H,35,36,38). The summed E-state index contributed by atoms with van der Waals surface area (Å²) >= 11 is 0. The molecule has 0 radical (unpaired) electrons. The molecule has 0 aliphatic rings. The summed E-state index contributed by atoms with van der Waals surface area (Å²) in [7, 11) is 3.08. The van der Waals surface area contributed by atoms with Crippen LogP contribution in [0.4, 0.5) is 10.2 Å². The molecular weight excluding hydrogens is 529 g/mol. The number of nitrogens with zero attached hydrogens (tertiary/aromatic N) is 3. The number of anilines is 1. The minimum atomic E-state index is -0.735. The zero-order chi connectivity index (χ0) is 29.5. The second kappa shape index (κ2) is 12.7. The quantitative estimate of drug-likeness (QED) is 0.126. The van der Waals surface area contributed by atoms with Crippen LogP contribution in [0, 0.1) is 11.2 Å². The van der Waals surface area contributed by atoms with Gasteiger partial charge in [-0.15, -0.1) is 0 Å². The Hall–Kier alpha value is -5.32. The fourth-order valence-electron chi connectivity index (χ4n) is 3.70. The predicted octanol–water partition coefficient (Wildman–Crippen LogP) is 5.88. The summed E-state index contributed by atoms with van der Waals surface area (Å²) in [5, 5.41) is 22.4. The van der Waals surface area contributed by atoms with Crippen molar-refractivity contribution in [2.75, 3.05) is 19.5 Å². The molecule has 1 amide bonds. The van der Waals surface area contributed by atoms with Gasteiger partial charge in [-0.25, -0.2) is 9.37 Å². The Morgan fingerprint density at radius 2 is 1.73 bits per heavy atom. The number of allylic oxidation sites excluding steroid dienone is 1. The largest absolute Gasteiger partial charge is 0.505 e. The number of aromatic nitrogens is 2. The van der Waals surface area contributed by atoms with Crippen LogP contribution in [0.5, 0.6) is 23.0 Å². The summed E-state index contributed by atoms with van der Waals surface area (Å²) in [5.74, 6) is 0.296. The highest BCUT2D eigenvalue weighted by molar-refractivity contribution is 6.24. The fraction of sp³-hybridized carbons (Fsp3) is 0.167. The van der Waals surface area contributed by atoms with E-state index in [2.05, 4.69) is 20.3 Å². The molecule has 0 atom stereocenters. The van der Waals surface area contributed by atoms with Gasteiger partial charge in [-0.2, -0.15) is 0 Å². The van der Waals surface area contributed by atoms with Gasteiger partial charge in [0.15, 0.2) is 17.3 Å². The summed E-state index contributed by atoms with van der Waals surface area (Å²) < 4.78 is 30.1. The van der Waals surface area contributed by atoms with Crippen LogP contribution in [0.25, 0.3) is 10.9 Å². The molecular formula is C30H28FN5O5. The molecule has 41 heavy (non-hydrogen) atoms. The smallest absolute Gasteiger partial charge is 0.262 e. The number of ether oxygens (including phenoxy) is 3. The number of carbonyl (C=O) groups is 1. The number of halogens is 1. The molecule has 4 aromatic rings. The highest BCUT2D eigenvalue weighted by atomic mass is 19.1. The zero-order valence-electron chi connectivity index (χ0n) is 22.8. The van der Waals surface area contributed by atoms with E-state index in [1.54, 1.807) is 51.4 Å². The first-order valence-corrected chi connectivity index (χ1v) is 12.5. The molecule has 4 rings (SSSR count). The number of aliphatic imine (C=N–C) groups is 1. The molecule has 0 bridgehead atoms. The van der Waals surface area contributed by atoms with Crippen molar-refractivity contribution < 1.29 is 28.5 Å². The number of pyridine rings is 2. The highest BCUT2D eigenvalue weighted by Gasteiger charge is 2.19. The number of methoxy groups -OCH3 is 2. The van der Waals surface area contributed by atoms with Crippen LogP contribution in [-0.2, 0) is 4.79 Å². The van der Waals surface area contributed by atoms with Gasteiger partial charge in [-0.3, -0.25) is 20.2 Å². The van der Waals surface area contributed by atoms with Crippen molar-refractivity contribution in [2.45, 2.75) is 19.9 Å². The Morgan fingerprint density at radius 1 is 1.02 bits per heavy atom. The lowest BCUT2D eigenvalue weighted by atomic mass is 10.0. The van der Waals surface area contributed by atoms with E-state index >= 15 is 0 Å². The molecule has 0 aliphatic heterocycles. The summed E-state index contributed by atoms with van der Waals surface area (Å²) in [6, 6.07) is 13.2. The summed E-state index contributed by atoms with van der Waals surface area (Å²) in [4.78, 5) is 25.9. The molecule has 11 heteroatoms. The number of rotatable bonds is 10. The van der Waals surface area contributed by atoms with Gasteiger partial charge in [0.05, 0.1) is 25.9 Å². The number of aliphatic hydroxyl groups is 1. The maximum absolute atomic E-state index is 13.3. The van der Waals surface area contributed by atoms with Gasteiger partial charge >= 0.3 is 0 Å². The van der Waals surface area contributed by atoms with Crippen molar-refractivity contribution in [3.05, 3.63) is 89.7 Å². The predicted molar refractivity (Wildman–Crippen MR) is 154 cm³/mol. The number of fused-ring (bicyclic) bond motifs is 1. The van der Waals surface area contributed by atoms with Crippen molar-refractivity contribution in [1.29, 1.82) is 5.41 Å². The molecule has 0 fully saturated rings. The van der Waals surface area contributed by atoms with Crippen molar-refractivity contribution in [3.63, 3.8) is 0 Å². The number of carbonyl (C=O) groups excluding carboxylic acids is 1. The SMILES string of the molecule is COc1cc2nccc(Oc3ccc(NC(=O)C(C=NC(C)C)=C(O)C(=N)c4ccc(F)cc4)nc3)c2cc1OC. The lowest BCUT2D eigenvalue weighted by molar-refractivity contribution is -0.112. The lowest BCUT2D eigenvalue weighted by Gasteiger charge is -2.13. The second-order valence-corrected chi connectivity index (χ2v) is 8.98. The van der Waals surface area contributed by atoms with Crippen LogP contribution >= 0.6 is 0 Å². The summed E-state index contributed by atoms with van der Waals surface area (Å²) in [6.07, 6.45) is 4.23. The van der Waals surface area contributed by atoms with Crippen molar-refractivity contribution >= 4 is 34.6 Å². The Kier molecular flexibility index (Phi) is 8.88. The van der Waals surface area contributed by atoms with Crippen molar-refractivity contribution in [2.24, 2.45) is 4.99 Å². The van der Waals surface area contributed by atoms with E-state index in [0.717, 1.165) is 12.1 Å². The Balaban J connectivity index is 1.56. The van der Waals surface area contributed by atoms with Crippen LogP contribution in [0.15, 0.2) is 83.3 Å². The van der Waals surface area contributed by atoms with E-state index < -0.39 is 17.5 Å². The number of amides is 1. The van der Waals surface area contributed by atoms with Gasteiger partial charge in [-0.1, -0.05) is 0 Å². The van der Waals surface area contributed by atoms with E-state index in [1.165, 1.54) is 37.7 Å². The maximum Gasteiger partial charge on any atom is 0.262 e. The van der Waals surface area contributed by atoms with Gasteiger partial charge in [0.1, 0.15) is 34.4 Å². The van der Waals surface area contributed by atoms with Crippen molar-refractivity contribution in [1.82, 2.24) is 9.97 Å². The minimum Gasteiger partial charge on any atom is -0.505 e. The topological polar surface area (TPSA) is 139 Å². The van der Waals surface area contributed by atoms with Gasteiger partial charge in [-0.05, 0) is 62.4 Å². The van der Waals surface area contributed by atoms with Gasteiger partial charge in [0, 0.05) is 35.5 Å². The molecule has 2 heterocycles. The molecule has 10 nitrogen and oxygen atoms in total. The summed E-state index contributed by atoms with van der Waals surface area (Å²) in [6.45, 7) is 3.60. The molecule has 0 saturated heterocycles. The molecule has 0 saturated carbocycles. The van der Waals surface area contributed by atoms with Gasteiger partial charge < -0.3 is 24.6 Å². The number of benzene rings is 2. The molecule has 210 valence electrons. The molecule has 0 unspecified atom stereocenters. The third kappa shape index (κ3) is 6.82. The highest BCUT2D eigenvalue weighted by Crippen LogP contribution is 2.36. The number of nitrogens with one attached hydrogen (secondary N) is 2. The first kappa shape index (κ1) is 28.7. The van der Waals surface area contributed by atoms with Crippen LogP contribution in [0.3, 0.4) is 0 Å². The third-order valence-electron chi connectivity index (χ3n) is 5.78. The monoisotopic (exact) mass is 557 g/mol. The molecule has 2 aromatic heterocycles. The second-order valence-electron chi connectivity index (χ2n) is 8.98. The molecule has 0 aliphatic carbocycles. The maximum atomic E-state index is 13.3. The number of hydrogen-bond donors (Lipinski definition) is 3. The lowest BCUT2D eigenvalue weighted by Crippen LogP contribution is -2.21. The molecule has 0 spiro atoms. The third-order valence-corrected chi connectivity index (χ3v) is 5.78. The van der Waals surface area contributed by atoms with Crippen LogP contribution in [0.2, 0.25) is 0 Å². The Morgan fingerprint density at radius 3 is 2.37 bits per heavy atom. The average Bonchev–Trinajstić information content (AvgIpc) is 2.97. The van der Waals surface area contributed by atoms with E-state index in [4.69, 9.17) is 19.6 Å². The van der Waals surface area contributed by atoms with Crippen LogP contribution in [0.1, 0.15) is 19.4 Å². The summed E-state index contributed by atoms with van der Waals surface area (Å²) in [5.41, 5.74) is 0.264. The van der Waals surface area contributed by atoms with Gasteiger partial charge in [0.2, 0.25) is 0 Å². The van der Waals surface area contributed by atoms with E-state index in [9.17, 15) is 14.3 Å². The van der Waals surface area contributed by atoms with Crippen molar-refractivity contribution in [3.8, 4) is 23.0 Å². The van der Waals surface area contributed by atoms with Crippen LogP contribution < -0.4 is 19.5 Å². The number of hydrogen-bond acceptors (Lipinski definition) is 9. The first-order valence-electron chi connectivity index (χ1n) is 12.5. The van der Waals surface area contributed by atoms with Gasteiger partial charge in [0.25, 0.3) is 5.91 Å². The first-order chi connectivity index (χ1) is 19.7. The van der Waals surface area contributed by atoms with E-state index in [0.29, 0.717) is 33.9 Å². The molecule has 2 aromatic carbocycles. The van der Waals surface area contributed by atoms with E-state index in [1.807, 2.05) is 0 Å². The van der Waals surface area contributed by atoms with E-state index in [-0.39, 0.29) is 28.7 Å². The normalized spacial score (nSPS) is 11.9. The Labute approximate surface area is 235 Å². The number of aliphatic hydroxyl groups excluding tert-OH is 1. The average molecular weight is 558 g/mol. The Bertz CT molecular complexity index is 1630. The fourth-order valence-corrected chi connectivity index (χ4v) is 3.70. The minimum absolute atomic E-state index is 0.171. The molecule has 3 N–H and O–H groups in total.